The third-order valence-corrected chi connectivity index (χ3v) is 4.80. The van der Waals surface area contributed by atoms with E-state index in [0.29, 0.717) is 17.7 Å². The molecule has 2 N–H and O–H groups in total. The van der Waals surface area contributed by atoms with Crippen molar-refractivity contribution in [2.45, 2.75) is 18.7 Å². The van der Waals surface area contributed by atoms with Crippen LogP contribution in [0.1, 0.15) is 22.8 Å². The number of sulfonamides is 1. The van der Waals surface area contributed by atoms with E-state index >= 15 is 0 Å². The predicted octanol–water partition coefficient (Wildman–Crippen LogP) is 2.45. The maximum absolute atomic E-state index is 12.4. The van der Waals surface area contributed by atoms with Gasteiger partial charge in [-0.2, -0.15) is 0 Å². The molecule has 2 aromatic carbocycles. The number of nitro benzene ring substituents is 1. The summed E-state index contributed by atoms with van der Waals surface area (Å²) >= 11 is 0. The van der Waals surface area contributed by atoms with Gasteiger partial charge < -0.3 is 5.32 Å². The number of hydrogen-bond donors (Lipinski definition) is 2. The number of nitrogens with one attached hydrogen (secondary N) is 2. The molecule has 0 aliphatic carbocycles. The van der Waals surface area contributed by atoms with E-state index in [2.05, 4.69) is 10.0 Å². The van der Waals surface area contributed by atoms with Gasteiger partial charge in [-0.1, -0.05) is 6.07 Å². The van der Waals surface area contributed by atoms with E-state index in [-0.39, 0.29) is 22.2 Å². The summed E-state index contributed by atoms with van der Waals surface area (Å²) in [6.45, 7) is 3.81. The molecule has 0 heterocycles. The number of benzene rings is 2. The van der Waals surface area contributed by atoms with Gasteiger partial charge in [0.05, 0.1) is 9.82 Å². The highest BCUT2D eigenvalue weighted by Gasteiger charge is 2.20. The van der Waals surface area contributed by atoms with Crippen LogP contribution in [-0.4, -0.2) is 25.8 Å². The van der Waals surface area contributed by atoms with Crippen LogP contribution in [0.4, 0.5) is 11.4 Å². The van der Waals surface area contributed by atoms with Crippen LogP contribution >= 0.6 is 0 Å². The Labute approximate surface area is 145 Å². The predicted molar refractivity (Wildman–Crippen MR) is 93.1 cm³/mol. The van der Waals surface area contributed by atoms with Crippen LogP contribution in [0.3, 0.4) is 0 Å². The number of hydrogen-bond acceptors (Lipinski definition) is 5. The van der Waals surface area contributed by atoms with Crippen LogP contribution in [-0.2, 0) is 10.0 Å². The molecule has 132 valence electrons. The average Bonchev–Trinajstić information content (AvgIpc) is 2.55. The molecular weight excluding hydrogens is 346 g/mol. The van der Waals surface area contributed by atoms with Gasteiger partial charge in [0.15, 0.2) is 0 Å². The lowest BCUT2D eigenvalue weighted by molar-refractivity contribution is -0.385. The minimum absolute atomic E-state index is 0.211. The van der Waals surface area contributed by atoms with Crippen molar-refractivity contribution in [2.75, 3.05) is 11.3 Å². The molecule has 0 fully saturated rings. The zero-order chi connectivity index (χ0) is 18.6. The Morgan fingerprint density at radius 3 is 2.36 bits per heavy atom. The number of nitro groups is 1. The van der Waals surface area contributed by atoms with Gasteiger partial charge in [-0.25, -0.2) is 8.42 Å². The number of carbonyl (C=O) groups is 1. The molecule has 2 rings (SSSR count). The average molecular weight is 363 g/mol. The van der Waals surface area contributed by atoms with E-state index in [9.17, 15) is 23.3 Å². The Hall–Kier alpha value is -2.94. The third-order valence-electron chi connectivity index (χ3n) is 3.42. The summed E-state index contributed by atoms with van der Waals surface area (Å²) in [4.78, 5) is 21.8. The van der Waals surface area contributed by atoms with Gasteiger partial charge in [-0.05, 0) is 44.2 Å². The molecule has 8 nitrogen and oxygen atoms in total. The van der Waals surface area contributed by atoms with Crippen LogP contribution in [0, 0.1) is 17.0 Å². The smallest absolute Gasteiger partial charge is 0.273 e. The summed E-state index contributed by atoms with van der Waals surface area (Å²) in [6.07, 6.45) is 0. The lowest BCUT2D eigenvalue weighted by Crippen LogP contribution is -2.22. The van der Waals surface area contributed by atoms with Gasteiger partial charge in [0, 0.05) is 29.4 Å². The Morgan fingerprint density at radius 2 is 1.80 bits per heavy atom. The fourth-order valence-electron chi connectivity index (χ4n) is 2.12. The maximum atomic E-state index is 12.4. The molecule has 1 amide bonds. The molecule has 0 bridgehead atoms. The Bertz CT molecular complexity index is 908. The lowest BCUT2D eigenvalue weighted by atomic mass is 10.2. The van der Waals surface area contributed by atoms with Gasteiger partial charge >= 0.3 is 0 Å². The summed E-state index contributed by atoms with van der Waals surface area (Å²) in [6, 6.07) is 9.57. The van der Waals surface area contributed by atoms with Crippen molar-refractivity contribution in [3.05, 3.63) is 63.7 Å². The monoisotopic (exact) mass is 363 g/mol. The molecule has 0 saturated carbocycles. The summed E-state index contributed by atoms with van der Waals surface area (Å²) < 4.78 is 27.1. The molecule has 0 radical (unpaired) electrons. The van der Waals surface area contributed by atoms with Crippen molar-refractivity contribution in [1.29, 1.82) is 0 Å². The first-order chi connectivity index (χ1) is 11.7. The zero-order valence-electron chi connectivity index (χ0n) is 13.6. The van der Waals surface area contributed by atoms with E-state index < -0.39 is 14.9 Å². The fraction of sp³-hybridized carbons (Fsp3) is 0.188. The van der Waals surface area contributed by atoms with Gasteiger partial charge in [-0.15, -0.1) is 0 Å². The molecule has 2 aromatic rings. The normalized spacial score (nSPS) is 11.0. The van der Waals surface area contributed by atoms with Crippen LogP contribution in [0.2, 0.25) is 0 Å². The standard InChI is InChI=1S/C16H17N3O5S/c1-3-17-16(20)12-5-7-13(8-6-12)18-25(23,24)14-9-4-11(2)15(10-14)19(21)22/h4-10,18H,3H2,1-2H3,(H,17,20). The topological polar surface area (TPSA) is 118 Å². The first-order valence-electron chi connectivity index (χ1n) is 7.40. The molecule has 25 heavy (non-hydrogen) atoms. The highest BCUT2D eigenvalue weighted by Crippen LogP contribution is 2.24. The van der Waals surface area contributed by atoms with Crippen LogP contribution in [0.25, 0.3) is 0 Å². The minimum atomic E-state index is -3.98. The Morgan fingerprint density at radius 1 is 1.16 bits per heavy atom. The number of anilines is 1. The second kappa shape index (κ2) is 7.31. The number of amides is 1. The van der Waals surface area contributed by atoms with Crippen molar-refractivity contribution in [3.8, 4) is 0 Å². The first kappa shape index (κ1) is 18.4. The Balaban J connectivity index is 2.26. The quantitative estimate of drug-likeness (QED) is 0.604. The van der Waals surface area contributed by atoms with Crippen molar-refractivity contribution in [1.82, 2.24) is 5.32 Å². The molecule has 9 heteroatoms. The number of rotatable bonds is 6. The third kappa shape index (κ3) is 4.32. The van der Waals surface area contributed by atoms with Crippen molar-refractivity contribution >= 4 is 27.3 Å². The molecule has 0 aliphatic rings. The van der Waals surface area contributed by atoms with Gasteiger partial charge in [0.1, 0.15) is 0 Å². The van der Waals surface area contributed by atoms with E-state index in [4.69, 9.17) is 0 Å². The fourth-order valence-corrected chi connectivity index (χ4v) is 3.20. The molecule has 0 spiro atoms. The van der Waals surface area contributed by atoms with Crippen molar-refractivity contribution < 1.29 is 18.1 Å². The second-order valence-electron chi connectivity index (χ2n) is 5.25. The molecule has 0 aliphatic heterocycles. The van der Waals surface area contributed by atoms with E-state index in [1.807, 2.05) is 0 Å². The highest BCUT2D eigenvalue weighted by molar-refractivity contribution is 7.92. The number of aryl methyl sites for hydroxylation is 1. The zero-order valence-corrected chi connectivity index (χ0v) is 14.5. The minimum Gasteiger partial charge on any atom is -0.352 e. The number of carbonyl (C=O) groups excluding carboxylic acids is 1. The SMILES string of the molecule is CCNC(=O)c1ccc(NS(=O)(=O)c2ccc(C)c([N+](=O)[O-])c2)cc1. The van der Waals surface area contributed by atoms with Gasteiger partial charge in [0.2, 0.25) is 0 Å². The summed E-state index contributed by atoms with van der Waals surface area (Å²) in [5.74, 6) is -0.258. The van der Waals surface area contributed by atoms with Crippen LogP contribution in [0.15, 0.2) is 47.4 Å². The van der Waals surface area contributed by atoms with E-state index in [0.717, 1.165) is 6.07 Å². The highest BCUT2D eigenvalue weighted by atomic mass is 32.2. The summed E-state index contributed by atoms with van der Waals surface area (Å²) in [5, 5.41) is 13.6. The maximum Gasteiger partial charge on any atom is 0.273 e. The molecule has 0 unspecified atom stereocenters. The molecular formula is C16H17N3O5S. The van der Waals surface area contributed by atoms with E-state index in [1.165, 1.54) is 43.3 Å². The summed E-state index contributed by atoms with van der Waals surface area (Å²) in [5.41, 5.74) is 0.747. The van der Waals surface area contributed by atoms with Gasteiger partial charge in [-0.3, -0.25) is 19.6 Å². The first-order valence-corrected chi connectivity index (χ1v) is 8.89. The number of nitrogens with zero attached hydrogens (tertiary/aromatic N) is 1. The van der Waals surface area contributed by atoms with Crippen molar-refractivity contribution in [2.24, 2.45) is 0 Å². The lowest BCUT2D eigenvalue weighted by Gasteiger charge is -2.09. The molecule has 0 saturated heterocycles. The largest absolute Gasteiger partial charge is 0.352 e. The van der Waals surface area contributed by atoms with E-state index in [1.54, 1.807) is 6.92 Å². The Kier molecular flexibility index (Phi) is 5.38. The molecule has 0 atom stereocenters. The van der Waals surface area contributed by atoms with Crippen LogP contribution < -0.4 is 10.0 Å². The van der Waals surface area contributed by atoms with Crippen LogP contribution in [0.5, 0.6) is 0 Å². The summed E-state index contributed by atoms with van der Waals surface area (Å²) in [7, 11) is -3.98. The van der Waals surface area contributed by atoms with Crippen molar-refractivity contribution in [3.63, 3.8) is 0 Å². The van der Waals surface area contributed by atoms with Gasteiger partial charge in [0.25, 0.3) is 21.6 Å². The second-order valence-corrected chi connectivity index (χ2v) is 6.93. The molecule has 0 aromatic heterocycles.